The molecule has 0 heterocycles. The van der Waals surface area contributed by atoms with Crippen LogP contribution in [0.2, 0.25) is 0 Å². The van der Waals surface area contributed by atoms with E-state index in [-0.39, 0.29) is 23.7 Å². The largest absolute Gasteiger partial charge is 0.409 e. The lowest BCUT2D eigenvalue weighted by molar-refractivity contribution is -0.117. The molecule has 1 aromatic carbocycles. The van der Waals surface area contributed by atoms with Gasteiger partial charge >= 0.3 is 0 Å². The third kappa shape index (κ3) is 3.70. The summed E-state index contributed by atoms with van der Waals surface area (Å²) in [7, 11) is 1.49. The van der Waals surface area contributed by atoms with Gasteiger partial charge in [-0.3, -0.25) is 4.79 Å². The van der Waals surface area contributed by atoms with Gasteiger partial charge in [-0.25, -0.2) is 4.39 Å². The van der Waals surface area contributed by atoms with Crippen LogP contribution in [0.15, 0.2) is 23.4 Å². The number of halogens is 1. The fourth-order valence-corrected chi connectivity index (χ4v) is 1.27. The summed E-state index contributed by atoms with van der Waals surface area (Å²) in [5.74, 6) is -1.27. The van der Waals surface area contributed by atoms with Gasteiger partial charge in [0.1, 0.15) is 5.82 Å². The average molecular weight is 255 g/mol. The molecule has 7 heteroatoms. The van der Waals surface area contributed by atoms with Crippen LogP contribution in [0.4, 0.5) is 10.1 Å². The number of benzene rings is 1. The minimum Gasteiger partial charge on any atom is -0.409 e. The summed E-state index contributed by atoms with van der Waals surface area (Å²) in [6, 6.07) is 3.79. The van der Waals surface area contributed by atoms with Crippen molar-refractivity contribution >= 4 is 17.4 Å². The monoisotopic (exact) mass is 255 g/mol. The highest BCUT2D eigenvalue weighted by Crippen LogP contribution is 2.14. The van der Waals surface area contributed by atoms with Crippen molar-refractivity contribution in [3.63, 3.8) is 0 Å². The number of anilines is 1. The molecule has 1 amide bonds. The first-order valence-corrected chi connectivity index (χ1v) is 5.14. The van der Waals surface area contributed by atoms with Gasteiger partial charge in [-0.15, -0.1) is 0 Å². The molecule has 0 fully saturated rings. The minimum absolute atomic E-state index is 0.0814. The molecule has 4 N–H and O–H groups in total. The van der Waals surface area contributed by atoms with E-state index >= 15 is 0 Å². The van der Waals surface area contributed by atoms with Gasteiger partial charge in [-0.2, -0.15) is 0 Å². The van der Waals surface area contributed by atoms with Gasteiger partial charge in [0.15, 0.2) is 5.84 Å². The van der Waals surface area contributed by atoms with Crippen molar-refractivity contribution < 1.29 is 19.1 Å². The van der Waals surface area contributed by atoms with Crippen LogP contribution in [0.25, 0.3) is 0 Å². The molecule has 0 aliphatic heterocycles. The van der Waals surface area contributed by atoms with E-state index in [1.165, 1.54) is 19.2 Å². The number of nitrogens with zero attached hydrogens (tertiary/aromatic N) is 1. The van der Waals surface area contributed by atoms with Crippen LogP contribution < -0.4 is 11.1 Å². The molecule has 0 aliphatic rings. The van der Waals surface area contributed by atoms with Gasteiger partial charge in [0.2, 0.25) is 5.91 Å². The Balaban J connectivity index is 2.82. The molecule has 18 heavy (non-hydrogen) atoms. The zero-order chi connectivity index (χ0) is 13.5. The Kier molecular flexibility index (Phi) is 5.06. The molecule has 0 bridgehead atoms. The van der Waals surface area contributed by atoms with Crippen molar-refractivity contribution in [3.05, 3.63) is 29.6 Å². The second-order valence-electron chi connectivity index (χ2n) is 3.47. The van der Waals surface area contributed by atoms with Crippen molar-refractivity contribution in [2.45, 2.75) is 6.42 Å². The van der Waals surface area contributed by atoms with Crippen molar-refractivity contribution in [3.8, 4) is 0 Å². The van der Waals surface area contributed by atoms with Gasteiger partial charge in [0.05, 0.1) is 18.6 Å². The lowest BCUT2D eigenvalue weighted by Gasteiger charge is -2.07. The maximum absolute atomic E-state index is 13.3. The number of rotatable bonds is 5. The number of methoxy groups -OCH3 is 1. The quantitative estimate of drug-likeness (QED) is 0.315. The number of amidine groups is 1. The van der Waals surface area contributed by atoms with Gasteiger partial charge in [0.25, 0.3) is 0 Å². The van der Waals surface area contributed by atoms with Crippen LogP contribution in [0.3, 0.4) is 0 Å². The SMILES string of the molecule is COCCC(=O)Nc1ccc(F)c(C(N)=NO)c1. The van der Waals surface area contributed by atoms with Gasteiger partial charge in [-0.1, -0.05) is 5.16 Å². The molecule has 0 radical (unpaired) electrons. The first kappa shape index (κ1) is 13.9. The van der Waals surface area contributed by atoms with Gasteiger partial charge in [-0.05, 0) is 18.2 Å². The Morgan fingerprint density at radius 3 is 2.94 bits per heavy atom. The van der Waals surface area contributed by atoms with E-state index in [1.807, 2.05) is 0 Å². The number of nitrogens with one attached hydrogen (secondary N) is 1. The van der Waals surface area contributed by atoms with E-state index in [4.69, 9.17) is 15.7 Å². The number of oxime groups is 1. The van der Waals surface area contributed by atoms with E-state index in [9.17, 15) is 9.18 Å². The number of carbonyl (C=O) groups is 1. The van der Waals surface area contributed by atoms with E-state index < -0.39 is 5.82 Å². The molecule has 0 aliphatic carbocycles. The highest BCUT2D eigenvalue weighted by atomic mass is 19.1. The zero-order valence-electron chi connectivity index (χ0n) is 9.81. The molecule has 1 rings (SSSR count). The van der Waals surface area contributed by atoms with Crippen LogP contribution in [0.5, 0.6) is 0 Å². The molecular formula is C11H14FN3O3. The van der Waals surface area contributed by atoms with Gasteiger partial charge in [0, 0.05) is 12.8 Å². The standard InChI is InChI=1S/C11H14FN3O3/c1-18-5-4-10(16)14-7-2-3-9(12)8(6-7)11(13)15-17/h2-3,6,17H,4-5H2,1H3,(H2,13,15)(H,14,16). The van der Waals surface area contributed by atoms with Crippen LogP contribution >= 0.6 is 0 Å². The number of ether oxygens (including phenoxy) is 1. The van der Waals surface area contributed by atoms with E-state index in [0.717, 1.165) is 6.07 Å². The molecule has 0 spiro atoms. The smallest absolute Gasteiger partial charge is 0.226 e. The lowest BCUT2D eigenvalue weighted by Crippen LogP contribution is -2.17. The van der Waals surface area contributed by atoms with Crippen molar-refractivity contribution in [2.75, 3.05) is 19.0 Å². The number of hydrogen-bond donors (Lipinski definition) is 3. The third-order valence-corrected chi connectivity index (χ3v) is 2.17. The second-order valence-corrected chi connectivity index (χ2v) is 3.47. The Labute approximate surface area is 103 Å². The summed E-state index contributed by atoms with van der Waals surface area (Å²) < 4.78 is 18.1. The Hall–Kier alpha value is -2.15. The molecule has 0 saturated heterocycles. The number of amides is 1. The number of nitrogens with two attached hydrogens (primary N) is 1. The predicted octanol–water partition coefficient (Wildman–Crippen LogP) is 0.895. The highest BCUT2D eigenvalue weighted by Gasteiger charge is 2.09. The summed E-state index contributed by atoms with van der Waals surface area (Å²) in [6.45, 7) is 0.292. The molecule has 6 nitrogen and oxygen atoms in total. The Morgan fingerprint density at radius 2 is 2.33 bits per heavy atom. The summed E-state index contributed by atoms with van der Waals surface area (Å²) in [5.41, 5.74) is 5.58. The maximum Gasteiger partial charge on any atom is 0.226 e. The second kappa shape index (κ2) is 6.55. The van der Waals surface area contributed by atoms with Crippen molar-refractivity contribution in [1.82, 2.24) is 0 Å². The van der Waals surface area contributed by atoms with E-state index in [2.05, 4.69) is 10.5 Å². The molecule has 0 atom stereocenters. The van der Waals surface area contributed by atoms with Crippen LogP contribution in [-0.4, -0.2) is 30.7 Å². The maximum atomic E-state index is 13.3. The number of carbonyl (C=O) groups excluding carboxylic acids is 1. The summed E-state index contributed by atoms with van der Waals surface area (Å²) in [5, 5.41) is 13.8. The summed E-state index contributed by atoms with van der Waals surface area (Å²) in [6.07, 6.45) is 0.187. The van der Waals surface area contributed by atoms with Gasteiger partial charge < -0.3 is 21.0 Å². The molecule has 1 aromatic rings. The predicted molar refractivity (Wildman–Crippen MR) is 64.0 cm³/mol. The van der Waals surface area contributed by atoms with Crippen LogP contribution in [-0.2, 0) is 9.53 Å². The van der Waals surface area contributed by atoms with E-state index in [0.29, 0.717) is 12.3 Å². The molecule has 0 saturated carbocycles. The first-order chi connectivity index (χ1) is 8.58. The average Bonchev–Trinajstić information content (AvgIpc) is 2.37. The van der Waals surface area contributed by atoms with Crippen molar-refractivity contribution in [2.24, 2.45) is 10.9 Å². The fourth-order valence-electron chi connectivity index (χ4n) is 1.27. The molecule has 98 valence electrons. The number of hydrogen-bond acceptors (Lipinski definition) is 4. The highest BCUT2D eigenvalue weighted by molar-refractivity contribution is 5.99. The topological polar surface area (TPSA) is 96.9 Å². The minimum atomic E-state index is -0.639. The zero-order valence-corrected chi connectivity index (χ0v) is 9.81. The fraction of sp³-hybridized carbons (Fsp3) is 0.273. The normalized spacial score (nSPS) is 11.3. The molecule has 0 unspecified atom stereocenters. The van der Waals surface area contributed by atoms with Crippen LogP contribution in [0, 0.1) is 5.82 Å². The molecular weight excluding hydrogens is 241 g/mol. The Morgan fingerprint density at radius 1 is 1.61 bits per heavy atom. The Bertz CT molecular complexity index is 463. The van der Waals surface area contributed by atoms with Crippen molar-refractivity contribution in [1.29, 1.82) is 0 Å². The van der Waals surface area contributed by atoms with E-state index in [1.54, 1.807) is 0 Å². The first-order valence-electron chi connectivity index (χ1n) is 5.14. The van der Waals surface area contributed by atoms with Crippen LogP contribution in [0.1, 0.15) is 12.0 Å². The third-order valence-electron chi connectivity index (χ3n) is 2.17. The lowest BCUT2D eigenvalue weighted by atomic mass is 10.1. The summed E-state index contributed by atoms with van der Waals surface area (Å²) in [4.78, 5) is 11.4. The summed E-state index contributed by atoms with van der Waals surface area (Å²) >= 11 is 0. The molecule has 0 aromatic heterocycles.